The minimum atomic E-state index is -0.864. The van der Waals surface area contributed by atoms with Gasteiger partial charge in [0.25, 0.3) is 0 Å². The van der Waals surface area contributed by atoms with Crippen molar-refractivity contribution in [1.29, 1.82) is 0 Å². The van der Waals surface area contributed by atoms with Crippen LogP contribution in [-0.2, 0) is 4.74 Å². The molecule has 0 aliphatic carbocycles. The van der Waals surface area contributed by atoms with Crippen LogP contribution >= 0.6 is 23.2 Å². The van der Waals surface area contributed by atoms with Crippen LogP contribution in [0.2, 0.25) is 10.0 Å². The van der Waals surface area contributed by atoms with E-state index in [1.54, 1.807) is 18.2 Å². The van der Waals surface area contributed by atoms with Crippen LogP contribution in [0.25, 0.3) is 0 Å². The number of aliphatic hydroxyl groups excluding tert-OH is 1. The highest BCUT2D eigenvalue weighted by Gasteiger charge is 2.18. The van der Waals surface area contributed by atoms with Crippen molar-refractivity contribution in [2.75, 3.05) is 19.8 Å². The van der Waals surface area contributed by atoms with Crippen molar-refractivity contribution in [3.8, 4) is 0 Å². The molecule has 5 nitrogen and oxygen atoms in total. The molecule has 2 amide bonds. The lowest BCUT2D eigenvalue weighted by Crippen LogP contribution is -2.43. The molecular formula is C13H16Cl2N2O3. The molecule has 1 aliphatic heterocycles. The summed E-state index contributed by atoms with van der Waals surface area (Å²) in [6.07, 6.45) is -0.0587. The maximum Gasteiger partial charge on any atom is 0.315 e. The Labute approximate surface area is 127 Å². The molecule has 0 radical (unpaired) electrons. The van der Waals surface area contributed by atoms with Crippen molar-refractivity contribution < 1.29 is 14.6 Å². The highest BCUT2D eigenvalue weighted by molar-refractivity contribution is 6.34. The van der Waals surface area contributed by atoms with E-state index in [2.05, 4.69) is 10.6 Å². The van der Waals surface area contributed by atoms with Gasteiger partial charge in [-0.1, -0.05) is 23.2 Å². The number of ether oxygens (including phenoxy) is 1. The number of rotatable bonds is 4. The van der Waals surface area contributed by atoms with Crippen LogP contribution in [0, 0.1) is 0 Å². The van der Waals surface area contributed by atoms with Gasteiger partial charge in [-0.15, -0.1) is 0 Å². The predicted molar refractivity (Wildman–Crippen MR) is 77.2 cm³/mol. The van der Waals surface area contributed by atoms with E-state index >= 15 is 0 Å². The molecule has 0 aromatic heterocycles. The summed E-state index contributed by atoms with van der Waals surface area (Å²) in [4.78, 5) is 11.6. The van der Waals surface area contributed by atoms with Crippen LogP contribution in [0.1, 0.15) is 18.1 Å². The lowest BCUT2D eigenvalue weighted by Gasteiger charge is -2.15. The Hall–Kier alpha value is -1.01. The molecule has 3 N–H and O–H groups in total. The highest BCUT2D eigenvalue weighted by atomic mass is 35.5. The van der Waals surface area contributed by atoms with E-state index in [0.717, 1.165) is 6.42 Å². The SMILES string of the molecule is O=C(NCC(O)c1cc(Cl)cc(Cl)c1)NC1CCOC1. The summed E-state index contributed by atoms with van der Waals surface area (Å²) in [6.45, 7) is 1.27. The second-order valence-corrected chi connectivity index (χ2v) is 5.51. The first-order chi connectivity index (χ1) is 9.54. The Kier molecular flexibility index (Phi) is 5.48. The fourth-order valence-corrected chi connectivity index (χ4v) is 2.50. The molecule has 1 aromatic carbocycles. The first kappa shape index (κ1) is 15.4. The lowest BCUT2D eigenvalue weighted by molar-refractivity contribution is 0.170. The quantitative estimate of drug-likeness (QED) is 0.796. The van der Waals surface area contributed by atoms with Gasteiger partial charge in [-0.25, -0.2) is 4.79 Å². The minimum Gasteiger partial charge on any atom is -0.387 e. The van der Waals surface area contributed by atoms with Gasteiger partial charge in [0.05, 0.1) is 18.8 Å². The second kappa shape index (κ2) is 7.13. The van der Waals surface area contributed by atoms with Gasteiger partial charge in [0.15, 0.2) is 0 Å². The molecule has 2 atom stereocenters. The zero-order chi connectivity index (χ0) is 14.5. The normalized spacial score (nSPS) is 19.6. The van der Waals surface area contributed by atoms with Crippen LogP contribution in [0.5, 0.6) is 0 Å². The van der Waals surface area contributed by atoms with Gasteiger partial charge in [0, 0.05) is 23.2 Å². The number of aliphatic hydroxyl groups is 1. The standard InChI is InChI=1S/C13H16Cl2N2O3/c14-9-3-8(4-10(15)5-9)12(18)6-16-13(19)17-11-1-2-20-7-11/h3-5,11-12,18H,1-2,6-7H2,(H2,16,17,19). The van der Waals surface area contributed by atoms with Gasteiger partial charge >= 0.3 is 6.03 Å². The second-order valence-electron chi connectivity index (χ2n) is 4.63. The Morgan fingerprint density at radius 3 is 2.70 bits per heavy atom. The van der Waals surface area contributed by atoms with E-state index < -0.39 is 6.10 Å². The summed E-state index contributed by atoms with van der Waals surface area (Å²) in [5, 5.41) is 16.3. The molecule has 0 bridgehead atoms. The molecule has 20 heavy (non-hydrogen) atoms. The van der Waals surface area contributed by atoms with Gasteiger partial charge in [0.2, 0.25) is 0 Å². The van der Waals surface area contributed by atoms with E-state index in [4.69, 9.17) is 27.9 Å². The van der Waals surface area contributed by atoms with Crippen LogP contribution in [0.15, 0.2) is 18.2 Å². The molecule has 1 fully saturated rings. The maximum absolute atomic E-state index is 11.6. The molecule has 1 saturated heterocycles. The first-order valence-electron chi connectivity index (χ1n) is 6.31. The number of carbonyl (C=O) groups excluding carboxylic acids is 1. The van der Waals surface area contributed by atoms with Crippen LogP contribution in [-0.4, -0.2) is 36.9 Å². The largest absolute Gasteiger partial charge is 0.387 e. The molecule has 0 spiro atoms. The monoisotopic (exact) mass is 318 g/mol. The Bertz CT molecular complexity index is 458. The average molecular weight is 319 g/mol. The van der Waals surface area contributed by atoms with E-state index in [9.17, 15) is 9.90 Å². The van der Waals surface area contributed by atoms with E-state index in [1.807, 2.05) is 0 Å². The van der Waals surface area contributed by atoms with Gasteiger partial charge < -0.3 is 20.5 Å². The van der Waals surface area contributed by atoms with Crippen molar-refractivity contribution in [3.63, 3.8) is 0 Å². The summed E-state index contributed by atoms with van der Waals surface area (Å²) in [5.74, 6) is 0. The van der Waals surface area contributed by atoms with Gasteiger partial charge in [0.1, 0.15) is 0 Å². The van der Waals surface area contributed by atoms with Crippen molar-refractivity contribution in [2.45, 2.75) is 18.6 Å². The maximum atomic E-state index is 11.6. The molecule has 0 saturated carbocycles. The van der Waals surface area contributed by atoms with Crippen LogP contribution in [0.3, 0.4) is 0 Å². The third-order valence-electron chi connectivity index (χ3n) is 2.99. The topological polar surface area (TPSA) is 70.6 Å². The van der Waals surface area contributed by atoms with E-state index in [0.29, 0.717) is 28.8 Å². The van der Waals surface area contributed by atoms with E-state index in [-0.39, 0.29) is 18.6 Å². The molecule has 1 aromatic rings. The predicted octanol–water partition coefficient (Wildman–Crippen LogP) is 2.11. The summed E-state index contributed by atoms with van der Waals surface area (Å²) in [6, 6.07) is 4.52. The van der Waals surface area contributed by atoms with E-state index in [1.165, 1.54) is 0 Å². The fourth-order valence-electron chi connectivity index (χ4n) is 1.96. The number of carbonyl (C=O) groups is 1. The van der Waals surface area contributed by atoms with Gasteiger partial charge in [-0.05, 0) is 30.2 Å². The molecule has 110 valence electrons. The first-order valence-corrected chi connectivity index (χ1v) is 7.06. The third kappa shape index (κ3) is 4.52. The van der Waals surface area contributed by atoms with Gasteiger partial charge in [-0.3, -0.25) is 0 Å². The third-order valence-corrected chi connectivity index (χ3v) is 3.43. The van der Waals surface area contributed by atoms with Crippen molar-refractivity contribution >= 4 is 29.2 Å². The number of urea groups is 1. The Morgan fingerprint density at radius 1 is 1.40 bits per heavy atom. The van der Waals surface area contributed by atoms with Crippen molar-refractivity contribution in [3.05, 3.63) is 33.8 Å². The number of benzene rings is 1. The fraction of sp³-hybridized carbons (Fsp3) is 0.462. The van der Waals surface area contributed by atoms with Crippen molar-refractivity contribution in [2.24, 2.45) is 0 Å². The molecule has 2 rings (SSSR count). The molecular weight excluding hydrogens is 303 g/mol. The Morgan fingerprint density at radius 2 is 2.10 bits per heavy atom. The number of hydrogen-bond acceptors (Lipinski definition) is 3. The number of hydrogen-bond donors (Lipinski definition) is 3. The van der Waals surface area contributed by atoms with Crippen LogP contribution < -0.4 is 10.6 Å². The number of nitrogens with one attached hydrogen (secondary N) is 2. The average Bonchev–Trinajstić information content (AvgIpc) is 2.87. The summed E-state index contributed by atoms with van der Waals surface area (Å²) < 4.78 is 5.16. The molecule has 2 unspecified atom stereocenters. The minimum absolute atomic E-state index is 0.0350. The summed E-state index contributed by atoms with van der Waals surface area (Å²) in [5.41, 5.74) is 0.562. The molecule has 1 heterocycles. The number of halogens is 2. The number of amides is 2. The molecule has 7 heteroatoms. The summed E-state index contributed by atoms with van der Waals surface area (Å²) in [7, 11) is 0. The van der Waals surface area contributed by atoms with Crippen LogP contribution in [0.4, 0.5) is 4.79 Å². The van der Waals surface area contributed by atoms with Crippen molar-refractivity contribution in [1.82, 2.24) is 10.6 Å². The highest BCUT2D eigenvalue weighted by Crippen LogP contribution is 2.23. The zero-order valence-electron chi connectivity index (χ0n) is 10.7. The molecule has 1 aliphatic rings. The zero-order valence-corrected chi connectivity index (χ0v) is 12.2. The Balaban J connectivity index is 1.81. The summed E-state index contributed by atoms with van der Waals surface area (Å²) >= 11 is 11.7. The van der Waals surface area contributed by atoms with Gasteiger partial charge in [-0.2, -0.15) is 0 Å². The smallest absolute Gasteiger partial charge is 0.315 e. The lowest BCUT2D eigenvalue weighted by atomic mass is 10.1.